The predicted octanol–water partition coefficient (Wildman–Crippen LogP) is 1.68. The third-order valence-electron chi connectivity index (χ3n) is 2.30. The van der Waals surface area contributed by atoms with E-state index in [1.165, 1.54) is 32.1 Å². The van der Waals surface area contributed by atoms with Gasteiger partial charge in [0.1, 0.15) is 0 Å². The van der Waals surface area contributed by atoms with Crippen LogP contribution in [0.15, 0.2) is 0 Å². The van der Waals surface area contributed by atoms with Gasteiger partial charge in [0, 0.05) is 6.54 Å². The Kier molecular flexibility index (Phi) is 9.66. The van der Waals surface area contributed by atoms with Crippen LogP contribution < -0.4 is 5.32 Å². The number of nitrogens with one attached hydrogen (secondary N) is 1. The van der Waals surface area contributed by atoms with Gasteiger partial charge in [-0.1, -0.05) is 39.0 Å². The molecule has 0 saturated heterocycles. The van der Waals surface area contributed by atoms with Gasteiger partial charge in [0.25, 0.3) is 0 Å². The van der Waals surface area contributed by atoms with Crippen LogP contribution in [0, 0.1) is 0 Å². The minimum Gasteiger partial charge on any atom is -0.313 e. The van der Waals surface area contributed by atoms with E-state index in [4.69, 9.17) is 14.7 Å². The maximum Gasteiger partial charge on any atom is 0.405 e. The zero-order valence-electron chi connectivity index (χ0n) is 9.65. The molecule has 0 fully saturated rings. The molecule has 0 saturated carbocycles. The molecule has 4 nitrogen and oxygen atoms in total. The van der Waals surface area contributed by atoms with E-state index in [0.717, 1.165) is 13.0 Å². The van der Waals surface area contributed by atoms with Gasteiger partial charge >= 0.3 is 7.94 Å². The van der Waals surface area contributed by atoms with Gasteiger partial charge in [-0.15, -0.1) is 0 Å². The molecule has 0 atom stereocenters. The number of hydrogen-bond donors (Lipinski definition) is 4. The number of hydrogen-bond acceptors (Lipinski definition) is 4. The average Bonchev–Trinajstić information content (AvgIpc) is 2.14. The van der Waals surface area contributed by atoms with E-state index >= 15 is 0 Å². The Morgan fingerprint density at radius 1 is 0.867 bits per heavy atom. The molecule has 0 aromatic heterocycles. The Morgan fingerprint density at radius 2 is 1.47 bits per heavy atom. The minimum absolute atomic E-state index is 0.0584. The molecule has 0 amide bonds. The second-order valence-electron chi connectivity index (χ2n) is 3.93. The van der Waals surface area contributed by atoms with E-state index in [0.29, 0.717) is 6.54 Å². The molecule has 15 heavy (non-hydrogen) atoms. The van der Waals surface area contributed by atoms with Crippen molar-refractivity contribution in [3.63, 3.8) is 0 Å². The van der Waals surface area contributed by atoms with E-state index < -0.39 is 7.94 Å². The zero-order valence-corrected chi connectivity index (χ0v) is 10.5. The van der Waals surface area contributed by atoms with Crippen LogP contribution in [0.4, 0.5) is 0 Å². The number of rotatable bonds is 10. The molecule has 0 rings (SSSR count). The summed E-state index contributed by atoms with van der Waals surface area (Å²) in [4.78, 5) is 26.1. The lowest BCUT2D eigenvalue weighted by Crippen LogP contribution is -2.20. The minimum atomic E-state index is -3.55. The Balaban J connectivity index is 2.99. The molecule has 0 spiro atoms. The van der Waals surface area contributed by atoms with Crippen LogP contribution >= 0.6 is 7.94 Å². The van der Waals surface area contributed by atoms with Crippen molar-refractivity contribution in [2.24, 2.45) is 0 Å². The first-order valence-electron chi connectivity index (χ1n) is 5.83. The molecule has 0 heterocycles. The Hall–Kier alpha value is 0.270. The van der Waals surface area contributed by atoms with E-state index in [2.05, 4.69) is 12.2 Å². The first-order chi connectivity index (χ1) is 7.06. The van der Waals surface area contributed by atoms with Crippen molar-refractivity contribution < 1.29 is 14.7 Å². The summed E-state index contributed by atoms with van der Waals surface area (Å²) in [6.45, 7) is 3.58. The Bertz CT molecular complexity index is 139. The fourth-order valence-electron chi connectivity index (χ4n) is 1.38. The molecule has 0 radical (unpaired) electrons. The van der Waals surface area contributed by atoms with Crippen LogP contribution in [0.2, 0.25) is 0 Å². The van der Waals surface area contributed by atoms with Gasteiger partial charge in [-0.05, 0) is 13.0 Å². The van der Waals surface area contributed by atoms with Crippen LogP contribution in [0.3, 0.4) is 0 Å². The Labute approximate surface area is 93.3 Å². The van der Waals surface area contributed by atoms with Crippen molar-refractivity contribution in [3.05, 3.63) is 0 Å². The molecule has 0 unspecified atom stereocenters. The van der Waals surface area contributed by atoms with Gasteiger partial charge in [-0.2, -0.15) is 14.7 Å². The summed E-state index contributed by atoms with van der Waals surface area (Å²) in [7, 11) is -3.55. The molecule has 0 aromatic carbocycles. The molecule has 92 valence electrons. The summed E-state index contributed by atoms with van der Waals surface area (Å²) in [5, 5.41) is 3.08. The number of unbranched alkanes of at least 4 members (excludes halogenated alkanes) is 5. The summed E-state index contributed by atoms with van der Waals surface area (Å²) < 4.78 is 0. The van der Waals surface area contributed by atoms with E-state index in [9.17, 15) is 0 Å². The predicted molar refractivity (Wildman–Crippen MR) is 64.7 cm³/mol. The zero-order chi connectivity index (χ0) is 11.6. The second kappa shape index (κ2) is 9.49. The van der Waals surface area contributed by atoms with Crippen molar-refractivity contribution >= 4 is 7.94 Å². The molecule has 4 N–H and O–H groups in total. The highest BCUT2D eigenvalue weighted by molar-refractivity contribution is 7.58. The first kappa shape index (κ1) is 15.3. The van der Waals surface area contributed by atoms with Crippen molar-refractivity contribution in [2.75, 3.05) is 19.3 Å². The SMILES string of the molecule is CCCCCCCCNCC[P+](O)(O)O. The lowest BCUT2D eigenvalue weighted by atomic mass is 10.1. The standard InChI is InChI=1S/C10H25NO3P/c1-2-3-4-5-6-7-8-11-9-10-15(12,13)14/h11-14H,2-10H2,1H3/q+1. The fraction of sp³-hybridized carbons (Fsp3) is 1.00. The molecule has 5 heteroatoms. The lowest BCUT2D eigenvalue weighted by molar-refractivity contribution is 0.329. The topological polar surface area (TPSA) is 72.7 Å². The fourth-order valence-corrected chi connectivity index (χ4v) is 1.84. The maximum atomic E-state index is 8.70. The summed E-state index contributed by atoms with van der Waals surface area (Å²) in [5.74, 6) is 0. The van der Waals surface area contributed by atoms with Crippen LogP contribution in [0.25, 0.3) is 0 Å². The first-order valence-corrected chi connectivity index (χ1v) is 7.66. The highest BCUT2D eigenvalue weighted by atomic mass is 31.2. The molecule has 0 aliphatic rings. The molecular formula is C10H25NO3P+. The van der Waals surface area contributed by atoms with Crippen molar-refractivity contribution in [3.8, 4) is 0 Å². The van der Waals surface area contributed by atoms with Gasteiger partial charge in [0.15, 0.2) is 6.16 Å². The molecule has 0 aliphatic carbocycles. The van der Waals surface area contributed by atoms with E-state index in [-0.39, 0.29) is 6.16 Å². The van der Waals surface area contributed by atoms with Crippen LogP contribution in [0.5, 0.6) is 0 Å². The maximum absolute atomic E-state index is 8.70. The molecular weight excluding hydrogens is 213 g/mol. The van der Waals surface area contributed by atoms with Gasteiger partial charge < -0.3 is 5.32 Å². The third-order valence-corrected chi connectivity index (χ3v) is 3.12. The van der Waals surface area contributed by atoms with Crippen LogP contribution in [-0.2, 0) is 0 Å². The smallest absolute Gasteiger partial charge is 0.313 e. The van der Waals surface area contributed by atoms with Crippen molar-refractivity contribution in [1.82, 2.24) is 5.32 Å². The second-order valence-corrected chi connectivity index (χ2v) is 5.77. The van der Waals surface area contributed by atoms with Gasteiger partial charge in [-0.25, -0.2) is 0 Å². The summed E-state index contributed by atoms with van der Waals surface area (Å²) in [5.41, 5.74) is 0. The van der Waals surface area contributed by atoms with Crippen molar-refractivity contribution in [2.45, 2.75) is 45.4 Å². The summed E-state index contributed by atoms with van der Waals surface area (Å²) in [6, 6.07) is 0. The normalized spacial score (nSPS) is 12.0. The Morgan fingerprint density at radius 3 is 2.07 bits per heavy atom. The highest BCUT2D eigenvalue weighted by Gasteiger charge is 2.27. The molecule has 0 aromatic rings. The van der Waals surface area contributed by atoms with E-state index in [1.807, 2.05) is 0 Å². The molecule has 0 aliphatic heterocycles. The largest absolute Gasteiger partial charge is 0.405 e. The van der Waals surface area contributed by atoms with Gasteiger partial charge in [0.05, 0.1) is 0 Å². The third kappa shape index (κ3) is 14.3. The van der Waals surface area contributed by atoms with E-state index in [1.54, 1.807) is 0 Å². The van der Waals surface area contributed by atoms with Crippen LogP contribution in [-0.4, -0.2) is 33.9 Å². The van der Waals surface area contributed by atoms with Gasteiger partial charge in [-0.3, -0.25) is 0 Å². The lowest BCUT2D eigenvalue weighted by Gasteiger charge is -2.05. The monoisotopic (exact) mass is 238 g/mol. The molecule has 0 bridgehead atoms. The van der Waals surface area contributed by atoms with Crippen LogP contribution in [0.1, 0.15) is 45.4 Å². The van der Waals surface area contributed by atoms with Crippen molar-refractivity contribution in [1.29, 1.82) is 0 Å². The summed E-state index contributed by atoms with van der Waals surface area (Å²) >= 11 is 0. The quantitative estimate of drug-likeness (QED) is 0.345. The van der Waals surface area contributed by atoms with Gasteiger partial charge in [0.2, 0.25) is 0 Å². The summed E-state index contributed by atoms with van der Waals surface area (Å²) in [6.07, 6.45) is 7.60. The average molecular weight is 238 g/mol. The highest BCUT2D eigenvalue weighted by Crippen LogP contribution is 2.43.